The quantitative estimate of drug-likeness (QED) is 0.152. The predicted octanol–water partition coefficient (Wildman–Crippen LogP) is 6.45. The molecule has 0 aliphatic rings. The maximum absolute atomic E-state index is 13.3. The third-order valence-electron chi connectivity index (χ3n) is 6.18. The van der Waals surface area contributed by atoms with Crippen LogP contribution in [0, 0.1) is 13.8 Å². The molecule has 4 aromatic rings. The highest BCUT2D eigenvalue weighted by atomic mass is 32.2. The minimum absolute atomic E-state index is 0.0886. The van der Waals surface area contributed by atoms with Crippen molar-refractivity contribution in [1.29, 1.82) is 0 Å². The van der Waals surface area contributed by atoms with Crippen molar-refractivity contribution >= 4 is 46.9 Å². The molecule has 0 fully saturated rings. The zero-order valence-corrected chi connectivity index (χ0v) is 23.9. The summed E-state index contributed by atoms with van der Waals surface area (Å²) in [5, 5.41) is 8.56. The average Bonchev–Trinajstić information content (AvgIpc) is 2.99. The molecule has 0 saturated heterocycles. The lowest BCUT2D eigenvalue weighted by atomic mass is 10.1. The van der Waals surface area contributed by atoms with E-state index in [0.29, 0.717) is 17.0 Å². The molecule has 0 spiro atoms. The van der Waals surface area contributed by atoms with Crippen LogP contribution in [-0.4, -0.2) is 30.6 Å². The predicted molar refractivity (Wildman–Crippen MR) is 165 cm³/mol. The number of hydrogen-bond donors (Lipinski definition) is 3. The van der Waals surface area contributed by atoms with E-state index in [2.05, 4.69) is 16.0 Å². The standard InChI is InChI=1S/C33H31N3O4S/c1-22-8-7-9-23(2)31(22)36-30(37)21-41-28-18-14-26(15-19-28)34-33(39)29(20-24-12-16-27(40-3)17-13-24)35-32(38)25-10-5-4-6-11-25/h4-20H,21H2,1-3H3,(H,34,39)(H,35,38)(H,36,37)/b29-20-. The van der Waals surface area contributed by atoms with Gasteiger partial charge in [0.1, 0.15) is 11.4 Å². The molecular weight excluding hydrogens is 534 g/mol. The van der Waals surface area contributed by atoms with Gasteiger partial charge in [0.25, 0.3) is 11.8 Å². The summed E-state index contributed by atoms with van der Waals surface area (Å²) in [6, 6.07) is 28.9. The molecule has 0 aliphatic carbocycles. The van der Waals surface area contributed by atoms with Crippen molar-refractivity contribution in [3.8, 4) is 5.75 Å². The number of thioether (sulfide) groups is 1. The Morgan fingerprint density at radius 2 is 1.44 bits per heavy atom. The summed E-state index contributed by atoms with van der Waals surface area (Å²) in [6.07, 6.45) is 1.61. The van der Waals surface area contributed by atoms with Crippen molar-refractivity contribution in [3.63, 3.8) is 0 Å². The van der Waals surface area contributed by atoms with Crippen LogP contribution in [0.15, 0.2) is 108 Å². The smallest absolute Gasteiger partial charge is 0.272 e. The second-order valence-corrected chi connectivity index (χ2v) is 10.3. The van der Waals surface area contributed by atoms with Crippen LogP contribution in [0.1, 0.15) is 27.0 Å². The van der Waals surface area contributed by atoms with Crippen molar-refractivity contribution in [2.45, 2.75) is 18.7 Å². The molecular formula is C33H31N3O4S. The van der Waals surface area contributed by atoms with Gasteiger partial charge in [-0.05, 0) is 85.1 Å². The Morgan fingerprint density at radius 3 is 2.07 bits per heavy atom. The third kappa shape index (κ3) is 8.33. The van der Waals surface area contributed by atoms with Gasteiger partial charge in [0.05, 0.1) is 12.9 Å². The second-order valence-electron chi connectivity index (χ2n) is 9.23. The van der Waals surface area contributed by atoms with E-state index in [1.54, 1.807) is 73.8 Å². The van der Waals surface area contributed by atoms with E-state index in [0.717, 1.165) is 27.3 Å². The van der Waals surface area contributed by atoms with Crippen LogP contribution in [0.25, 0.3) is 6.08 Å². The maximum Gasteiger partial charge on any atom is 0.272 e. The monoisotopic (exact) mass is 565 g/mol. The number of carbonyl (C=O) groups excluding carboxylic acids is 3. The Labute approximate surface area is 244 Å². The van der Waals surface area contributed by atoms with E-state index < -0.39 is 11.8 Å². The first-order chi connectivity index (χ1) is 19.8. The number of nitrogens with one attached hydrogen (secondary N) is 3. The van der Waals surface area contributed by atoms with Gasteiger partial charge in [0.15, 0.2) is 0 Å². The van der Waals surface area contributed by atoms with Gasteiger partial charge in [-0.25, -0.2) is 0 Å². The number of amides is 3. The van der Waals surface area contributed by atoms with Crippen molar-refractivity contribution in [3.05, 3.63) is 125 Å². The summed E-state index contributed by atoms with van der Waals surface area (Å²) in [5.41, 5.74) is 4.67. The SMILES string of the molecule is COc1ccc(/C=C(\NC(=O)c2ccccc2)C(=O)Nc2ccc(SCC(=O)Nc3c(C)cccc3C)cc2)cc1. The summed E-state index contributed by atoms with van der Waals surface area (Å²) >= 11 is 1.40. The molecule has 4 aromatic carbocycles. The highest BCUT2D eigenvalue weighted by Gasteiger charge is 2.15. The van der Waals surface area contributed by atoms with E-state index in [4.69, 9.17) is 4.74 Å². The first-order valence-electron chi connectivity index (χ1n) is 12.9. The Bertz CT molecular complexity index is 1530. The van der Waals surface area contributed by atoms with E-state index in [-0.39, 0.29) is 17.4 Å². The Hall–Kier alpha value is -4.82. The highest BCUT2D eigenvalue weighted by Crippen LogP contribution is 2.23. The third-order valence-corrected chi connectivity index (χ3v) is 7.20. The number of ether oxygens (including phenoxy) is 1. The van der Waals surface area contributed by atoms with Gasteiger partial charge in [0.2, 0.25) is 5.91 Å². The molecule has 208 valence electrons. The van der Waals surface area contributed by atoms with Crippen LogP contribution >= 0.6 is 11.8 Å². The van der Waals surface area contributed by atoms with E-state index in [1.807, 2.05) is 50.2 Å². The number of carbonyl (C=O) groups is 3. The number of methoxy groups -OCH3 is 1. The second kappa shape index (κ2) is 14.0. The van der Waals surface area contributed by atoms with Crippen molar-refractivity contribution < 1.29 is 19.1 Å². The minimum atomic E-state index is -0.474. The molecule has 0 aromatic heterocycles. The van der Waals surface area contributed by atoms with E-state index in [1.165, 1.54) is 11.8 Å². The molecule has 4 rings (SSSR count). The van der Waals surface area contributed by atoms with E-state index >= 15 is 0 Å². The van der Waals surface area contributed by atoms with Crippen LogP contribution in [0.2, 0.25) is 0 Å². The summed E-state index contributed by atoms with van der Waals surface area (Å²) in [6.45, 7) is 3.93. The first-order valence-corrected chi connectivity index (χ1v) is 13.9. The molecule has 3 amide bonds. The zero-order chi connectivity index (χ0) is 29.2. The number of rotatable bonds is 10. The van der Waals surface area contributed by atoms with Crippen LogP contribution in [0.5, 0.6) is 5.75 Å². The van der Waals surface area contributed by atoms with Gasteiger partial charge in [-0.1, -0.05) is 48.5 Å². The van der Waals surface area contributed by atoms with Crippen LogP contribution in [-0.2, 0) is 9.59 Å². The number of para-hydroxylation sites is 1. The number of anilines is 2. The van der Waals surface area contributed by atoms with E-state index in [9.17, 15) is 14.4 Å². The van der Waals surface area contributed by atoms with Gasteiger partial charge in [-0.15, -0.1) is 11.8 Å². The molecule has 3 N–H and O–H groups in total. The van der Waals surface area contributed by atoms with Crippen LogP contribution < -0.4 is 20.7 Å². The van der Waals surface area contributed by atoms with Gasteiger partial charge in [-0.3, -0.25) is 14.4 Å². The van der Waals surface area contributed by atoms with Crippen molar-refractivity contribution in [2.75, 3.05) is 23.5 Å². The molecule has 0 atom stereocenters. The van der Waals surface area contributed by atoms with Gasteiger partial charge in [0, 0.05) is 21.8 Å². The number of benzene rings is 4. The molecule has 41 heavy (non-hydrogen) atoms. The molecule has 0 bridgehead atoms. The Morgan fingerprint density at radius 1 is 0.780 bits per heavy atom. The largest absolute Gasteiger partial charge is 0.497 e. The molecule has 0 heterocycles. The highest BCUT2D eigenvalue weighted by molar-refractivity contribution is 8.00. The summed E-state index contributed by atoms with van der Waals surface area (Å²) in [4.78, 5) is 39.5. The summed E-state index contributed by atoms with van der Waals surface area (Å²) in [5.74, 6) is -0.0286. The molecule has 7 nitrogen and oxygen atoms in total. The first kappa shape index (κ1) is 29.2. The molecule has 8 heteroatoms. The lowest BCUT2D eigenvalue weighted by Gasteiger charge is -2.12. The van der Waals surface area contributed by atoms with Crippen molar-refractivity contribution in [2.24, 2.45) is 0 Å². The number of aryl methyl sites for hydroxylation is 2. The average molecular weight is 566 g/mol. The van der Waals surface area contributed by atoms with Gasteiger partial charge in [-0.2, -0.15) is 0 Å². The zero-order valence-electron chi connectivity index (χ0n) is 23.1. The van der Waals surface area contributed by atoms with Crippen LogP contribution in [0.3, 0.4) is 0 Å². The molecule has 0 saturated carbocycles. The minimum Gasteiger partial charge on any atom is -0.497 e. The maximum atomic E-state index is 13.3. The fraction of sp³-hybridized carbons (Fsp3) is 0.121. The fourth-order valence-electron chi connectivity index (χ4n) is 3.98. The van der Waals surface area contributed by atoms with Gasteiger partial charge < -0.3 is 20.7 Å². The van der Waals surface area contributed by atoms with Crippen molar-refractivity contribution in [1.82, 2.24) is 5.32 Å². The molecule has 0 unspecified atom stereocenters. The number of hydrogen-bond acceptors (Lipinski definition) is 5. The summed E-state index contributed by atoms with van der Waals surface area (Å²) < 4.78 is 5.21. The molecule has 0 aliphatic heterocycles. The molecule has 0 radical (unpaired) electrons. The topological polar surface area (TPSA) is 96.5 Å². The summed E-state index contributed by atoms with van der Waals surface area (Å²) in [7, 11) is 1.58. The lowest BCUT2D eigenvalue weighted by molar-refractivity contribution is -0.114. The fourth-order valence-corrected chi connectivity index (χ4v) is 4.68. The normalized spacial score (nSPS) is 11.0. The Kier molecular flexibility index (Phi) is 9.96. The van der Waals surface area contributed by atoms with Gasteiger partial charge >= 0.3 is 0 Å². The lowest BCUT2D eigenvalue weighted by Crippen LogP contribution is -2.30. The Balaban J connectivity index is 1.41. The van der Waals surface area contributed by atoms with Crippen LogP contribution in [0.4, 0.5) is 11.4 Å².